The number of anilines is 1. The van der Waals surface area contributed by atoms with Gasteiger partial charge in [-0.15, -0.1) is 0 Å². The molecule has 3 rings (SSSR count). The van der Waals surface area contributed by atoms with E-state index in [4.69, 9.17) is 9.52 Å². The second-order valence-electron chi connectivity index (χ2n) is 4.89. The van der Waals surface area contributed by atoms with E-state index in [1.807, 2.05) is 12.1 Å². The molecule has 1 aliphatic rings. The zero-order valence-electron chi connectivity index (χ0n) is 10.7. The molecule has 0 saturated carbocycles. The van der Waals surface area contributed by atoms with E-state index in [0.29, 0.717) is 12.6 Å². The van der Waals surface area contributed by atoms with Crippen LogP contribution in [0.5, 0.6) is 0 Å². The van der Waals surface area contributed by atoms with Gasteiger partial charge in [-0.2, -0.15) is 0 Å². The van der Waals surface area contributed by atoms with Gasteiger partial charge in [0.15, 0.2) is 0 Å². The van der Waals surface area contributed by atoms with E-state index in [2.05, 4.69) is 24.0 Å². The molecular weight excluding hydrogens is 242 g/mol. The fraction of sp³-hybridized carbons (Fsp3) is 0.267. The standard InChI is InChI=1S/C15H15NO3/c1-10-8-11-4-2-3-5-13(11)16(10)9-12-6-7-19-14(12)15(17)18/h2-7,10H,8-9H2,1H3,(H,17,18)/t10-/m1/s1. The van der Waals surface area contributed by atoms with Gasteiger partial charge >= 0.3 is 5.97 Å². The van der Waals surface area contributed by atoms with Crippen LogP contribution in [0.4, 0.5) is 5.69 Å². The van der Waals surface area contributed by atoms with Crippen molar-refractivity contribution in [2.24, 2.45) is 0 Å². The molecule has 0 unspecified atom stereocenters. The van der Waals surface area contributed by atoms with E-state index < -0.39 is 5.97 Å². The van der Waals surface area contributed by atoms with Crippen LogP contribution in [0.25, 0.3) is 0 Å². The lowest BCUT2D eigenvalue weighted by molar-refractivity contribution is 0.0660. The maximum Gasteiger partial charge on any atom is 0.372 e. The van der Waals surface area contributed by atoms with Crippen LogP contribution < -0.4 is 4.90 Å². The second kappa shape index (κ2) is 4.46. The predicted octanol–water partition coefficient (Wildman–Crippen LogP) is 2.93. The SMILES string of the molecule is C[C@@H]1Cc2ccccc2N1Cc1ccoc1C(=O)O. The third kappa shape index (κ3) is 1.99. The Bertz CT molecular complexity index is 617. The van der Waals surface area contributed by atoms with Gasteiger partial charge < -0.3 is 14.4 Å². The summed E-state index contributed by atoms with van der Waals surface area (Å²) in [5.74, 6) is -0.975. The predicted molar refractivity (Wildman–Crippen MR) is 71.5 cm³/mol. The summed E-state index contributed by atoms with van der Waals surface area (Å²) in [6.45, 7) is 2.72. The van der Waals surface area contributed by atoms with Gasteiger partial charge in [-0.3, -0.25) is 0 Å². The van der Waals surface area contributed by atoms with Gasteiger partial charge in [0, 0.05) is 23.8 Å². The Hall–Kier alpha value is -2.23. The van der Waals surface area contributed by atoms with Crippen LogP contribution in [0.15, 0.2) is 41.0 Å². The van der Waals surface area contributed by atoms with E-state index in [9.17, 15) is 4.79 Å². The van der Waals surface area contributed by atoms with Crippen molar-refractivity contribution in [3.63, 3.8) is 0 Å². The first-order valence-electron chi connectivity index (χ1n) is 6.31. The number of nitrogens with zero attached hydrogens (tertiary/aromatic N) is 1. The highest BCUT2D eigenvalue weighted by molar-refractivity contribution is 5.86. The zero-order valence-corrected chi connectivity index (χ0v) is 10.7. The van der Waals surface area contributed by atoms with Crippen LogP contribution in [-0.2, 0) is 13.0 Å². The fourth-order valence-electron chi connectivity index (χ4n) is 2.70. The minimum atomic E-state index is -1.01. The van der Waals surface area contributed by atoms with E-state index >= 15 is 0 Å². The first-order chi connectivity index (χ1) is 9.16. The molecule has 1 N–H and O–H groups in total. The van der Waals surface area contributed by atoms with Crippen molar-refractivity contribution in [2.75, 3.05) is 4.90 Å². The van der Waals surface area contributed by atoms with Gasteiger partial charge in [-0.1, -0.05) is 18.2 Å². The molecular formula is C15H15NO3. The zero-order chi connectivity index (χ0) is 13.4. The molecule has 0 radical (unpaired) electrons. The number of benzene rings is 1. The first-order valence-corrected chi connectivity index (χ1v) is 6.31. The average molecular weight is 257 g/mol. The van der Waals surface area contributed by atoms with Crippen molar-refractivity contribution in [1.82, 2.24) is 0 Å². The lowest BCUT2D eigenvalue weighted by Gasteiger charge is -2.24. The number of carboxylic acids is 1. The van der Waals surface area contributed by atoms with Gasteiger partial charge in [0.25, 0.3) is 0 Å². The lowest BCUT2D eigenvalue weighted by Crippen LogP contribution is -2.29. The number of hydrogen-bond donors (Lipinski definition) is 1. The van der Waals surface area contributed by atoms with Crippen LogP contribution in [-0.4, -0.2) is 17.1 Å². The van der Waals surface area contributed by atoms with Crippen molar-refractivity contribution in [3.8, 4) is 0 Å². The van der Waals surface area contributed by atoms with E-state index in [1.165, 1.54) is 17.5 Å². The lowest BCUT2D eigenvalue weighted by atomic mass is 10.1. The van der Waals surface area contributed by atoms with E-state index in [1.54, 1.807) is 6.07 Å². The molecule has 0 aliphatic carbocycles. The van der Waals surface area contributed by atoms with Gasteiger partial charge in [0.2, 0.25) is 5.76 Å². The molecule has 4 heteroatoms. The Morgan fingerprint density at radius 2 is 2.21 bits per heavy atom. The first kappa shape index (κ1) is 11.8. The summed E-state index contributed by atoms with van der Waals surface area (Å²) < 4.78 is 5.03. The average Bonchev–Trinajstić information content (AvgIpc) is 2.96. The van der Waals surface area contributed by atoms with Crippen LogP contribution in [0.1, 0.15) is 28.6 Å². The number of carboxylic acid groups (broad SMARTS) is 1. The summed E-state index contributed by atoms with van der Waals surface area (Å²) >= 11 is 0. The molecule has 0 bridgehead atoms. The molecule has 1 atom stereocenters. The largest absolute Gasteiger partial charge is 0.475 e. The van der Waals surface area contributed by atoms with Crippen molar-refractivity contribution in [1.29, 1.82) is 0 Å². The Balaban J connectivity index is 1.91. The summed E-state index contributed by atoms with van der Waals surface area (Å²) in [5.41, 5.74) is 3.22. The summed E-state index contributed by atoms with van der Waals surface area (Å²) in [7, 11) is 0. The number of rotatable bonds is 3. The molecule has 1 aromatic carbocycles. The quantitative estimate of drug-likeness (QED) is 0.918. The smallest absolute Gasteiger partial charge is 0.372 e. The number of carbonyl (C=O) groups is 1. The summed E-state index contributed by atoms with van der Waals surface area (Å²) in [4.78, 5) is 13.3. The topological polar surface area (TPSA) is 53.7 Å². The minimum Gasteiger partial charge on any atom is -0.475 e. The van der Waals surface area contributed by atoms with E-state index in [0.717, 1.165) is 12.0 Å². The molecule has 19 heavy (non-hydrogen) atoms. The fourth-order valence-corrected chi connectivity index (χ4v) is 2.70. The monoisotopic (exact) mass is 257 g/mol. The van der Waals surface area contributed by atoms with Crippen molar-refractivity contribution in [2.45, 2.75) is 25.9 Å². The molecule has 4 nitrogen and oxygen atoms in total. The van der Waals surface area contributed by atoms with Crippen molar-refractivity contribution < 1.29 is 14.3 Å². The van der Waals surface area contributed by atoms with E-state index in [-0.39, 0.29) is 5.76 Å². The molecule has 2 aromatic rings. The summed E-state index contributed by atoms with van der Waals surface area (Å²) in [5, 5.41) is 9.08. The second-order valence-corrected chi connectivity index (χ2v) is 4.89. The van der Waals surface area contributed by atoms with Crippen molar-refractivity contribution >= 4 is 11.7 Å². The summed E-state index contributed by atoms with van der Waals surface area (Å²) in [6.07, 6.45) is 2.43. The van der Waals surface area contributed by atoms with Gasteiger partial charge in [-0.25, -0.2) is 4.79 Å². The Kier molecular flexibility index (Phi) is 2.78. The number of hydrogen-bond acceptors (Lipinski definition) is 3. The maximum atomic E-state index is 11.1. The Morgan fingerprint density at radius 3 is 3.00 bits per heavy atom. The van der Waals surface area contributed by atoms with Crippen LogP contribution >= 0.6 is 0 Å². The highest BCUT2D eigenvalue weighted by Gasteiger charge is 2.27. The Labute approximate surface area is 111 Å². The van der Waals surface area contributed by atoms with Gasteiger partial charge in [-0.05, 0) is 31.0 Å². The molecule has 98 valence electrons. The van der Waals surface area contributed by atoms with Crippen molar-refractivity contribution in [3.05, 3.63) is 53.5 Å². The molecule has 1 aliphatic heterocycles. The Morgan fingerprint density at radius 1 is 1.42 bits per heavy atom. The van der Waals surface area contributed by atoms with Crippen LogP contribution in [0, 0.1) is 0 Å². The third-order valence-corrected chi connectivity index (χ3v) is 3.63. The highest BCUT2D eigenvalue weighted by Crippen LogP contribution is 2.33. The van der Waals surface area contributed by atoms with Gasteiger partial charge in [0.1, 0.15) is 0 Å². The van der Waals surface area contributed by atoms with Crippen LogP contribution in [0.3, 0.4) is 0 Å². The molecule has 0 saturated heterocycles. The number of furan rings is 1. The van der Waals surface area contributed by atoms with Crippen LogP contribution in [0.2, 0.25) is 0 Å². The number of aromatic carboxylic acids is 1. The molecule has 2 heterocycles. The normalized spacial score (nSPS) is 17.5. The van der Waals surface area contributed by atoms with Gasteiger partial charge in [0.05, 0.1) is 6.26 Å². The number of fused-ring (bicyclic) bond motifs is 1. The molecule has 0 amide bonds. The molecule has 0 spiro atoms. The molecule has 0 fully saturated rings. The molecule has 1 aromatic heterocycles. The summed E-state index contributed by atoms with van der Waals surface area (Å²) in [6, 6.07) is 10.4. The maximum absolute atomic E-state index is 11.1. The minimum absolute atomic E-state index is 0.0385. The highest BCUT2D eigenvalue weighted by atomic mass is 16.4. The number of para-hydroxylation sites is 1. The third-order valence-electron chi connectivity index (χ3n) is 3.63.